The number of sulfonamides is 1. The van der Waals surface area contributed by atoms with Gasteiger partial charge in [-0.15, -0.1) is 0 Å². The number of benzene rings is 1. The molecule has 0 N–H and O–H groups in total. The quantitative estimate of drug-likeness (QED) is 0.705. The Morgan fingerprint density at radius 3 is 2.46 bits per heavy atom. The first-order chi connectivity index (χ1) is 13.2. The van der Waals surface area contributed by atoms with Crippen LogP contribution in [0.1, 0.15) is 23.4 Å². The molecule has 10 heteroatoms. The number of piperazine rings is 1. The van der Waals surface area contributed by atoms with Crippen LogP contribution in [0.25, 0.3) is 0 Å². The van der Waals surface area contributed by atoms with Gasteiger partial charge in [-0.3, -0.25) is 4.79 Å². The van der Waals surface area contributed by atoms with Gasteiger partial charge in [-0.1, -0.05) is 34.4 Å². The summed E-state index contributed by atoms with van der Waals surface area (Å²) >= 11 is 12.0. The SMILES string of the molecule is Cc1noc(C)c1CCC(=O)N1CCN(S(=O)(=O)c2cccc(Cl)c2Cl)CC1. The third-order valence-electron chi connectivity index (χ3n) is 4.90. The van der Waals surface area contributed by atoms with E-state index in [2.05, 4.69) is 5.16 Å². The van der Waals surface area contributed by atoms with E-state index in [-0.39, 0.29) is 33.9 Å². The van der Waals surface area contributed by atoms with Crippen LogP contribution in [-0.4, -0.2) is 54.9 Å². The van der Waals surface area contributed by atoms with Gasteiger partial charge in [0.1, 0.15) is 10.7 Å². The van der Waals surface area contributed by atoms with Crippen LogP contribution in [0.4, 0.5) is 0 Å². The molecule has 1 saturated heterocycles. The van der Waals surface area contributed by atoms with Crippen LogP contribution in [0.2, 0.25) is 10.0 Å². The molecule has 2 aromatic rings. The van der Waals surface area contributed by atoms with Gasteiger partial charge in [0.2, 0.25) is 15.9 Å². The number of aryl methyl sites for hydroxylation is 2. The molecule has 0 spiro atoms. The summed E-state index contributed by atoms with van der Waals surface area (Å²) in [4.78, 5) is 14.2. The van der Waals surface area contributed by atoms with E-state index in [1.807, 2.05) is 13.8 Å². The first-order valence-electron chi connectivity index (χ1n) is 8.85. The predicted molar refractivity (Wildman–Crippen MR) is 106 cm³/mol. The second-order valence-electron chi connectivity index (χ2n) is 6.64. The number of amides is 1. The topological polar surface area (TPSA) is 83.7 Å². The van der Waals surface area contributed by atoms with E-state index in [4.69, 9.17) is 27.7 Å². The van der Waals surface area contributed by atoms with Crippen molar-refractivity contribution in [2.75, 3.05) is 26.2 Å². The highest BCUT2D eigenvalue weighted by Gasteiger charge is 2.31. The maximum atomic E-state index is 12.9. The van der Waals surface area contributed by atoms with E-state index in [0.29, 0.717) is 25.9 Å². The minimum Gasteiger partial charge on any atom is -0.361 e. The van der Waals surface area contributed by atoms with Gasteiger partial charge in [0.15, 0.2) is 0 Å². The highest BCUT2D eigenvalue weighted by atomic mass is 35.5. The highest BCUT2D eigenvalue weighted by molar-refractivity contribution is 7.89. The lowest BCUT2D eigenvalue weighted by Crippen LogP contribution is -2.50. The van der Waals surface area contributed by atoms with Crippen molar-refractivity contribution in [3.63, 3.8) is 0 Å². The molecule has 1 aromatic heterocycles. The first-order valence-corrected chi connectivity index (χ1v) is 11.0. The van der Waals surface area contributed by atoms with Crippen LogP contribution in [0.15, 0.2) is 27.6 Å². The molecule has 2 heterocycles. The molecule has 1 amide bonds. The predicted octanol–water partition coefficient (Wildman–Crippen LogP) is 3.06. The lowest BCUT2D eigenvalue weighted by Gasteiger charge is -2.34. The molecule has 0 aliphatic carbocycles. The fourth-order valence-corrected chi connectivity index (χ4v) is 5.41. The molecule has 152 valence electrons. The summed E-state index contributed by atoms with van der Waals surface area (Å²) in [6, 6.07) is 4.53. The number of carbonyl (C=O) groups excluding carboxylic acids is 1. The second kappa shape index (κ2) is 8.41. The minimum atomic E-state index is -3.76. The normalized spacial score (nSPS) is 15.8. The monoisotopic (exact) mass is 445 g/mol. The van der Waals surface area contributed by atoms with Crippen molar-refractivity contribution in [3.8, 4) is 0 Å². The van der Waals surface area contributed by atoms with Crippen LogP contribution in [-0.2, 0) is 21.2 Å². The standard InChI is InChI=1S/C18H21Cl2N3O4S/c1-12-14(13(2)27-21-12)6-7-17(24)22-8-10-23(11-9-22)28(25,26)16-5-3-4-15(19)18(16)20/h3-5H,6-11H2,1-2H3. The smallest absolute Gasteiger partial charge is 0.244 e. The third-order valence-corrected chi connectivity index (χ3v) is 7.77. The molecule has 28 heavy (non-hydrogen) atoms. The Morgan fingerprint density at radius 2 is 1.86 bits per heavy atom. The lowest BCUT2D eigenvalue weighted by molar-refractivity contribution is -0.132. The van der Waals surface area contributed by atoms with Crippen LogP contribution >= 0.6 is 23.2 Å². The van der Waals surface area contributed by atoms with Crippen LogP contribution in [0, 0.1) is 13.8 Å². The van der Waals surface area contributed by atoms with Gasteiger partial charge in [-0.2, -0.15) is 4.31 Å². The summed E-state index contributed by atoms with van der Waals surface area (Å²) in [6.45, 7) is 4.76. The van der Waals surface area contributed by atoms with Gasteiger partial charge in [-0.25, -0.2) is 8.42 Å². The molecule has 1 fully saturated rings. The summed E-state index contributed by atoms with van der Waals surface area (Å²) < 4.78 is 32.2. The Hall–Kier alpha value is -1.61. The van der Waals surface area contributed by atoms with Gasteiger partial charge in [0.05, 0.1) is 15.7 Å². The highest BCUT2D eigenvalue weighted by Crippen LogP contribution is 2.31. The Labute approximate surface area is 174 Å². The van der Waals surface area contributed by atoms with E-state index in [9.17, 15) is 13.2 Å². The van der Waals surface area contributed by atoms with Gasteiger partial charge < -0.3 is 9.42 Å². The summed E-state index contributed by atoms with van der Waals surface area (Å²) in [5, 5.41) is 4.10. The molecular weight excluding hydrogens is 425 g/mol. The van der Waals surface area contributed by atoms with E-state index >= 15 is 0 Å². The molecule has 0 atom stereocenters. The van der Waals surface area contributed by atoms with Crippen molar-refractivity contribution < 1.29 is 17.7 Å². The number of nitrogens with zero attached hydrogens (tertiary/aromatic N) is 3. The largest absolute Gasteiger partial charge is 0.361 e. The van der Waals surface area contributed by atoms with Crippen molar-refractivity contribution in [1.82, 2.24) is 14.4 Å². The van der Waals surface area contributed by atoms with Crippen molar-refractivity contribution in [2.24, 2.45) is 0 Å². The number of carbonyl (C=O) groups is 1. The zero-order chi connectivity index (χ0) is 20.5. The minimum absolute atomic E-state index is 0.0140. The summed E-state index contributed by atoms with van der Waals surface area (Å²) in [7, 11) is -3.76. The average Bonchev–Trinajstić information content (AvgIpc) is 2.99. The van der Waals surface area contributed by atoms with Crippen molar-refractivity contribution >= 4 is 39.1 Å². The lowest BCUT2D eigenvalue weighted by atomic mass is 10.1. The average molecular weight is 446 g/mol. The molecule has 0 saturated carbocycles. The molecular formula is C18H21Cl2N3O4S. The Morgan fingerprint density at radius 1 is 1.18 bits per heavy atom. The fraction of sp³-hybridized carbons (Fsp3) is 0.444. The van der Waals surface area contributed by atoms with E-state index < -0.39 is 10.0 Å². The number of hydrogen-bond acceptors (Lipinski definition) is 5. The second-order valence-corrected chi connectivity index (χ2v) is 9.33. The molecule has 7 nitrogen and oxygen atoms in total. The number of hydrogen-bond donors (Lipinski definition) is 0. The van der Waals surface area contributed by atoms with Crippen LogP contribution < -0.4 is 0 Å². The summed E-state index contributed by atoms with van der Waals surface area (Å²) in [5.74, 6) is 0.706. The van der Waals surface area contributed by atoms with Gasteiger partial charge in [0.25, 0.3) is 0 Å². The molecule has 0 bridgehead atoms. The van der Waals surface area contributed by atoms with Gasteiger partial charge in [0, 0.05) is 38.2 Å². The van der Waals surface area contributed by atoms with Crippen LogP contribution in [0.3, 0.4) is 0 Å². The summed E-state index contributed by atoms with van der Waals surface area (Å²) in [6.07, 6.45) is 0.881. The number of halogens is 2. The van der Waals surface area contributed by atoms with Crippen molar-refractivity contribution in [1.29, 1.82) is 0 Å². The first kappa shape index (κ1) is 21.1. The third kappa shape index (κ3) is 4.20. The Kier molecular flexibility index (Phi) is 6.34. The number of aromatic nitrogens is 1. The molecule has 0 radical (unpaired) electrons. The van der Waals surface area contributed by atoms with E-state index in [0.717, 1.165) is 17.0 Å². The zero-order valence-electron chi connectivity index (χ0n) is 15.6. The molecule has 0 unspecified atom stereocenters. The number of rotatable bonds is 5. The van der Waals surface area contributed by atoms with E-state index in [1.165, 1.54) is 10.4 Å². The fourth-order valence-electron chi connectivity index (χ4n) is 3.25. The summed E-state index contributed by atoms with van der Waals surface area (Å²) in [5.41, 5.74) is 1.74. The maximum absolute atomic E-state index is 12.9. The zero-order valence-corrected chi connectivity index (χ0v) is 17.9. The molecule has 3 rings (SSSR count). The van der Waals surface area contributed by atoms with Gasteiger partial charge in [-0.05, 0) is 32.4 Å². The van der Waals surface area contributed by atoms with E-state index in [1.54, 1.807) is 17.0 Å². The van der Waals surface area contributed by atoms with Crippen LogP contribution in [0.5, 0.6) is 0 Å². The molecule has 1 aliphatic heterocycles. The van der Waals surface area contributed by atoms with Crippen molar-refractivity contribution in [2.45, 2.75) is 31.6 Å². The van der Waals surface area contributed by atoms with Gasteiger partial charge >= 0.3 is 0 Å². The van der Waals surface area contributed by atoms with Crippen molar-refractivity contribution in [3.05, 3.63) is 45.3 Å². The Balaban J connectivity index is 1.61. The Bertz CT molecular complexity index is 963. The molecule has 1 aromatic carbocycles. The maximum Gasteiger partial charge on any atom is 0.244 e. The molecule has 1 aliphatic rings.